The van der Waals surface area contributed by atoms with Crippen molar-refractivity contribution in [3.63, 3.8) is 0 Å². The van der Waals surface area contributed by atoms with Gasteiger partial charge in [0.2, 0.25) is 0 Å². The van der Waals surface area contributed by atoms with Crippen molar-refractivity contribution in [2.75, 3.05) is 30.4 Å². The van der Waals surface area contributed by atoms with Crippen LogP contribution in [0.2, 0.25) is 0 Å². The molecule has 3 aromatic rings. The number of amides is 1. The zero-order valence-corrected chi connectivity index (χ0v) is 18.8. The molecular weight excluding hydrogens is 444 g/mol. The molecule has 0 unspecified atom stereocenters. The van der Waals surface area contributed by atoms with Crippen molar-refractivity contribution in [2.24, 2.45) is 0 Å². The van der Waals surface area contributed by atoms with Gasteiger partial charge < -0.3 is 9.64 Å². The number of hydrogen-bond acceptors (Lipinski definition) is 8. The molecule has 0 radical (unpaired) electrons. The summed E-state index contributed by atoms with van der Waals surface area (Å²) in [6.45, 7) is 1.55. The Kier molecular flexibility index (Phi) is 6.64. The van der Waals surface area contributed by atoms with Crippen LogP contribution in [0, 0.1) is 10.1 Å². The molecule has 1 aromatic heterocycles. The number of nitro groups is 1. The molecule has 2 aromatic carbocycles. The first-order valence-electron chi connectivity index (χ1n) is 10.5. The number of esters is 1. The minimum absolute atomic E-state index is 0.0740. The Labute approximate surface area is 194 Å². The van der Waals surface area contributed by atoms with Crippen LogP contribution in [0.5, 0.6) is 0 Å². The van der Waals surface area contributed by atoms with Crippen LogP contribution in [0.25, 0.3) is 11.3 Å². The van der Waals surface area contributed by atoms with Crippen molar-refractivity contribution in [2.45, 2.75) is 19.3 Å². The molecule has 0 atom stereocenters. The normalized spacial score (nSPS) is 13.4. The number of rotatable bonds is 6. The first-order valence-corrected chi connectivity index (χ1v) is 11.3. The molecule has 33 heavy (non-hydrogen) atoms. The number of nitrogens with one attached hydrogen (secondary N) is 1. The van der Waals surface area contributed by atoms with Crippen molar-refractivity contribution in [1.29, 1.82) is 0 Å². The standard InChI is InChI=1S/C23H22N4O5S/c1-32-22(29)16-7-5-15(6-8-16)18-14-33-23(24-18)25-21(28)17-9-10-19(20(13-17)27(30)31)26-11-3-2-4-12-26/h5-10,13-14H,2-4,11-12H2,1H3,(H,24,25,28). The van der Waals surface area contributed by atoms with Crippen molar-refractivity contribution in [1.82, 2.24) is 4.98 Å². The summed E-state index contributed by atoms with van der Waals surface area (Å²) in [5.74, 6) is -0.890. The monoisotopic (exact) mass is 466 g/mol. The van der Waals surface area contributed by atoms with E-state index in [0.717, 1.165) is 37.9 Å². The molecule has 1 amide bonds. The number of carbonyl (C=O) groups excluding carboxylic acids is 2. The van der Waals surface area contributed by atoms with Gasteiger partial charge in [-0.1, -0.05) is 12.1 Å². The van der Waals surface area contributed by atoms with Crippen LogP contribution in [-0.2, 0) is 4.74 Å². The van der Waals surface area contributed by atoms with Gasteiger partial charge in [-0.15, -0.1) is 11.3 Å². The van der Waals surface area contributed by atoms with Crippen LogP contribution in [0.4, 0.5) is 16.5 Å². The Bertz CT molecular complexity index is 1190. The molecule has 1 saturated heterocycles. The van der Waals surface area contributed by atoms with Crippen molar-refractivity contribution >= 4 is 39.7 Å². The fourth-order valence-electron chi connectivity index (χ4n) is 3.74. The average molecular weight is 467 g/mol. The van der Waals surface area contributed by atoms with E-state index in [9.17, 15) is 19.7 Å². The van der Waals surface area contributed by atoms with E-state index in [4.69, 9.17) is 4.74 Å². The number of ether oxygens (including phenoxy) is 1. The fraction of sp³-hybridized carbons (Fsp3) is 0.261. The maximum absolute atomic E-state index is 12.7. The maximum atomic E-state index is 12.7. The van der Waals surface area contributed by atoms with Crippen LogP contribution >= 0.6 is 11.3 Å². The van der Waals surface area contributed by atoms with E-state index in [1.807, 2.05) is 4.90 Å². The number of benzene rings is 2. The van der Waals surface area contributed by atoms with Gasteiger partial charge in [-0.2, -0.15) is 0 Å². The highest BCUT2D eigenvalue weighted by Gasteiger charge is 2.23. The van der Waals surface area contributed by atoms with E-state index in [1.54, 1.807) is 41.8 Å². The minimum atomic E-state index is -0.467. The van der Waals surface area contributed by atoms with E-state index in [1.165, 1.54) is 24.5 Å². The summed E-state index contributed by atoms with van der Waals surface area (Å²) in [6.07, 6.45) is 3.12. The molecule has 0 bridgehead atoms. The average Bonchev–Trinajstić information content (AvgIpc) is 3.32. The van der Waals surface area contributed by atoms with E-state index in [-0.39, 0.29) is 11.3 Å². The summed E-state index contributed by atoms with van der Waals surface area (Å²) in [6, 6.07) is 11.3. The zero-order valence-electron chi connectivity index (χ0n) is 17.9. The summed E-state index contributed by atoms with van der Waals surface area (Å²) in [7, 11) is 1.32. The number of thiazole rings is 1. The number of piperidine rings is 1. The fourth-order valence-corrected chi connectivity index (χ4v) is 4.46. The highest BCUT2D eigenvalue weighted by Crippen LogP contribution is 2.32. The number of hydrogen-bond donors (Lipinski definition) is 1. The molecule has 0 saturated carbocycles. The molecule has 0 aliphatic carbocycles. The molecule has 10 heteroatoms. The zero-order chi connectivity index (χ0) is 23.4. The van der Waals surface area contributed by atoms with Crippen molar-refractivity contribution in [3.8, 4) is 11.3 Å². The molecule has 1 aliphatic heterocycles. The highest BCUT2D eigenvalue weighted by atomic mass is 32.1. The van der Waals surface area contributed by atoms with Crippen LogP contribution in [0.15, 0.2) is 47.8 Å². The largest absolute Gasteiger partial charge is 0.465 e. The first-order chi connectivity index (χ1) is 16.0. The van der Waals surface area contributed by atoms with Gasteiger partial charge >= 0.3 is 5.97 Å². The Balaban J connectivity index is 1.49. The highest BCUT2D eigenvalue weighted by molar-refractivity contribution is 7.14. The summed E-state index contributed by atoms with van der Waals surface area (Å²) < 4.78 is 4.69. The van der Waals surface area contributed by atoms with Crippen LogP contribution < -0.4 is 10.2 Å². The van der Waals surface area contributed by atoms with E-state index in [0.29, 0.717) is 22.1 Å². The second kappa shape index (κ2) is 9.78. The van der Waals surface area contributed by atoms with Gasteiger partial charge in [0.1, 0.15) is 5.69 Å². The van der Waals surface area contributed by atoms with Gasteiger partial charge in [0.05, 0.1) is 23.3 Å². The predicted octanol–water partition coefficient (Wildman–Crippen LogP) is 4.75. The summed E-state index contributed by atoms with van der Waals surface area (Å²) in [4.78, 5) is 41.9. The Morgan fingerprint density at radius 2 is 1.79 bits per heavy atom. The number of aromatic nitrogens is 1. The first kappa shape index (κ1) is 22.4. The van der Waals surface area contributed by atoms with Crippen LogP contribution in [-0.4, -0.2) is 42.0 Å². The predicted molar refractivity (Wildman–Crippen MR) is 126 cm³/mol. The third-order valence-corrected chi connectivity index (χ3v) is 6.22. The second-order valence-corrected chi connectivity index (χ2v) is 8.43. The molecular formula is C23H22N4O5S. The van der Waals surface area contributed by atoms with Gasteiger partial charge in [0, 0.05) is 35.7 Å². The van der Waals surface area contributed by atoms with Crippen LogP contribution in [0.1, 0.15) is 40.0 Å². The van der Waals surface area contributed by atoms with Gasteiger partial charge in [-0.3, -0.25) is 20.2 Å². The Morgan fingerprint density at radius 1 is 1.09 bits per heavy atom. The number of anilines is 2. The van der Waals surface area contributed by atoms with E-state index < -0.39 is 16.8 Å². The minimum Gasteiger partial charge on any atom is -0.465 e. The molecule has 9 nitrogen and oxygen atoms in total. The maximum Gasteiger partial charge on any atom is 0.337 e. The lowest BCUT2D eigenvalue weighted by Crippen LogP contribution is -2.30. The van der Waals surface area contributed by atoms with E-state index in [2.05, 4.69) is 10.3 Å². The number of nitrogens with zero attached hydrogens (tertiary/aromatic N) is 3. The van der Waals surface area contributed by atoms with Crippen molar-refractivity contribution < 1.29 is 19.2 Å². The Morgan fingerprint density at radius 3 is 2.45 bits per heavy atom. The number of methoxy groups -OCH3 is 1. The van der Waals surface area contributed by atoms with Crippen LogP contribution in [0.3, 0.4) is 0 Å². The molecule has 1 fully saturated rings. The smallest absolute Gasteiger partial charge is 0.337 e. The third kappa shape index (κ3) is 5.01. The van der Waals surface area contributed by atoms with Gasteiger partial charge in [0.15, 0.2) is 5.13 Å². The third-order valence-electron chi connectivity index (χ3n) is 5.46. The molecule has 1 N–H and O–H groups in total. The topological polar surface area (TPSA) is 115 Å². The Hall–Kier alpha value is -3.79. The molecule has 4 rings (SSSR count). The lowest BCUT2D eigenvalue weighted by Gasteiger charge is -2.28. The van der Waals surface area contributed by atoms with Gasteiger partial charge in [-0.25, -0.2) is 9.78 Å². The summed E-state index contributed by atoms with van der Waals surface area (Å²) in [5.41, 5.74) is 2.51. The SMILES string of the molecule is COC(=O)c1ccc(-c2csc(NC(=O)c3ccc(N4CCCCC4)c([N+](=O)[O-])c3)n2)cc1. The molecule has 0 spiro atoms. The molecule has 2 heterocycles. The van der Waals surface area contributed by atoms with Gasteiger partial charge in [0.25, 0.3) is 11.6 Å². The van der Waals surface area contributed by atoms with E-state index >= 15 is 0 Å². The molecule has 1 aliphatic rings. The second-order valence-electron chi connectivity index (χ2n) is 7.57. The number of carbonyl (C=O) groups is 2. The van der Waals surface area contributed by atoms with Crippen molar-refractivity contribution in [3.05, 3.63) is 69.1 Å². The summed E-state index contributed by atoms with van der Waals surface area (Å²) in [5, 5.41) is 16.5. The van der Waals surface area contributed by atoms with Gasteiger partial charge in [-0.05, 0) is 43.5 Å². The lowest BCUT2D eigenvalue weighted by atomic mass is 10.1. The number of nitro benzene ring substituents is 1. The quantitative estimate of drug-likeness (QED) is 0.317. The molecule has 170 valence electrons. The lowest BCUT2D eigenvalue weighted by molar-refractivity contribution is -0.384. The summed E-state index contributed by atoms with van der Waals surface area (Å²) >= 11 is 1.24.